The summed E-state index contributed by atoms with van der Waals surface area (Å²) in [5, 5.41) is 5.71. The number of ether oxygens (including phenoxy) is 3. The molecule has 0 N–H and O–H groups in total. The largest absolute Gasteiger partial charge is 0.444 e. The molecule has 0 atom stereocenters. The molecule has 0 unspecified atom stereocenters. The summed E-state index contributed by atoms with van der Waals surface area (Å²) in [6, 6.07) is 8.15. The highest BCUT2D eigenvalue weighted by Gasteiger charge is 2.31. The van der Waals surface area contributed by atoms with Gasteiger partial charge in [-0.2, -0.15) is 13.9 Å². The first-order valence-electron chi connectivity index (χ1n) is 15.1. The minimum absolute atomic E-state index is 0.0382. The lowest BCUT2D eigenvalue weighted by molar-refractivity contribution is -0.0504. The summed E-state index contributed by atoms with van der Waals surface area (Å²) in [6.45, 7) is 12.8. The number of amides is 2. The second-order valence-electron chi connectivity index (χ2n) is 13.3. The Labute approximate surface area is 267 Å². The van der Waals surface area contributed by atoms with Crippen LogP contribution in [-0.4, -0.2) is 67.8 Å². The molecule has 45 heavy (non-hydrogen) atoms. The van der Waals surface area contributed by atoms with Crippen LogP contribution < -0.4 is 9.64 Å². The van der Waals surface area contributed by atoms with E-state index < -0.39 is 23.9 Å². The molecule has 4 rings (SSSR count). The number of piperidine rings is 1. The van der Waals surface area contributed by atoms with Crippen molar-refractivity contribution >= 4 is 35.3 Å². The van der Waals surface area contributed by atoms with E-state index in [-0.39, 0.29) is 29.6 Å². The van der Waals surface area contributed by atoms with E-state index in [1.807, 2.05) is 34.6 Å². The Bertz CT molecular complexity index is 1490. The van der Waals surface area contributed by atoms with E-state index in [1.165, 1.54) is 11.0 Å². The first-order chi connectivity index (χ1) is 21.0. The minimum Gasteiger partial charge on any atom is -0.444 e. The molecule has 13 heteroatoms. The molecule has 0 bridgehead atoms. The van der Waals surface area contributed by atoms with Crippen LogP contribution >= 0.6 is 11.8 Å². The van der Waals surface area contributed by atoms with Crippen molar-refractivity contribution in [2.45, 2.75) is 109 Å². The second kappa shape index (κ2) is 13.8. The van der Waals surface area contributed by atoms with Gasteiger partial charge in [-0.25, -0.2) is 19.1 Å². The van der Waals surface area contributed by atoms with Crippen LogP contribution in [0.3, 0.4) is 0 Å². The number of benzene rings is 1. The summed E-state index contributed by atoms with van der Waals surface area (Å²) in [5.41, 5.74) is 0.684. The molecule has 246 valence electrons. The Morgan fingerprint density at radius 1 is 1.04 bits per heavy atom. The monoisotopic (exact) mass is 647 g/mol. The average molecular weight is 648 g/mol. The molecule has 2 amide bonds. The van der Waals surface area contributed by atoms with Crippen molar-refractivity contribution < 1.29 is 32.6 Å². The molecule has 1 fully saturated rings. The molecule has 1 aliphatic heterocycles. The number of anilines is 1. The molecule has 2 aromatic heterocycles. The SMILES string of the molecule is CC(C)c1cnc2c(N(Cc3ccccc3OC(F)F)C(=O)OC(C)(C)C)cc(SC3CCN(C(=O)OC(C)(C)C)CC3)nn12. The molecule has 1 saturated heterocycles. The predicted octanol–water partition coefficient (Wildman–Crippen LogP) is 7.89. The zero-order valence-corrected chi connectivity index (χ0v) is 28.0. The Morgan fingerprint density at radius 3 is 2.29 bits per heavy atom. The quantitative estimate of drug-likeness (QED) is 0.244. The van der Waals surface area contributed by atoms with Crippen molar-refractivity contribution in [2.24, 2.45) is 0 Å². The first-order valence-corrected chi connectivity index (χ1v) is 15.9. The van der Waals surface area contributed by atoms with Crippen LogP contribution in [0.15, 0.2) is 41.6 Å². The number of alkyl halides is 2. The summed E-state index contributed by atoms with van der Waals surface area (Å²) < 4.78 is 44.4. The van der Waals surface area contributed by atoms with Crippen molar-refractivity contribution in [3.8, 4) is 5.75 Å². The number of hydrogen-bond acceptors (Lipinski definition) is 8. The Kier molecular flexibility index (Phi) is 10.5. The second-order valence-corrected chi connectivity index (χ2v) is 14.6. The van der Waals surface area contributed by atoms with Crippen molar-refractivity contribution in [3.05, 3.63) is 47.8 Å². The summed E-state index contributed by atoms with van der Waals surface area (Å²) in [5.74, 6) is 0.0384. The highest BCUT2D eigenvalue weighted by molar-refractivity contribution is 7.99. The van der Waals surface area contributed by atoms with Crippen molar-refractivity contribution in [3.63, 3.8) is 0 Å². The molecule has 0 spiro atoms. The number of fused-ring (bicyclic) bond motifs is 1. The highest BCUT2D eigenvalue weighted by Crippen LogP contribution is 2.36. The number of halogens is 2. The van der Waals surface area contributed by atoms with Gasteiger partial charge in [0, 0.05) is 23.9 Å². The Morgan fingerprint density at radius 2 is 1.69 bits per heavy atom. The lowest BCUT2D eigenvalue weighted by Crippen LogP contribution is -2.42. The van der Waals surface area contributed by atoms with E-state index in [4.69, 9.17) is 19.3 Å². The number of carbonyl (C=O) groups excluding carboxylic acids is 2. The summed E-state index contributed by atoms with van der Waals surface area (Å²) in [4.78, 5) is 34.1. The van der Waals surface area contributed by atoms with Gasteiger partial charge in [-0.1, -0.05) is 32.0 Å². The number of thioether (sulfide) groups is 1. The molecule has 1 aromatic carbocycles. The first kappa shape index (κ1) is 34.3. The number of aromatic nitrogens is 3. The van der Waals surface area contributed by atoms with Crippen LogP contribution in [0.25, 0.3) is 5.65 Å². The van der Waals surface area contributed by atoms with Gasteiger partial charge in [-0.3, -0.25) is 4.90 Å². The van der Waals surface area contributed by atoms with Gasteiger partial charge in [0.05, 0.1) is 24.1 Å². The van der Waals surface area contributed by atoms with Gasteiger partial charge >= 0.3 is 18.8 Å². The lowest BCUT2D eigenvalue weighted by atomic mass is 10.1. The summed E-state index contributed by atoms with van der Waals surface area (Å²) in [6.07, 6.45) is 2.20. The number of hydrogen-bond donors (Lipinski definition) is 0. The molecule has 0 saturated carbocycles. The molecule has 0 radical (unpaired) electrons. The maximum atomic E-state index is 13.8. The van der Waals surface area contributed by atoms with E-state index in [0.29, 0.717) is 35.0 Å². The van der Waals surface area contributed by atoms with Gasteiger partial charge in [0.25, 0.3) is 0 Å². The third-order valence-electron chi connectivity index (χ3n) is 6.85. The number of carbonyl (C=O) groups is 2. The number of imidazole rings is 1. The van der Waals surface area contributed by atoms with Gasteiger partial charge in [0.15, 0.2) is 5.65 Å². The Hall–Kier alpha value is -3.61. The van der Waals surface area contributed by atoms with E-state index in [2.05, 4.69) is 4.98 Å². The van der Waals surface area contributed by atoms with Gasteiger partial charge in [0.2, 0.25) is 0 Å². The van der Waals surface area contributed by atoms with Gasteiger partial charge in [0.1, 0.15) is 22.0 Å². The maximum Gasteiger partial charge on any atom is 0.415 e. The van der Waals surface area contributed by atoms with Gasteiger partial charge in [-0.15, -0.1) is 11.8 Å². The Balaban J connectivity index is 1.71. The van der Waals surface area contributed by atoms with E-state index in [9.17, 15) is 18.4 Å². The van der Waals surface area contributed by atoms with Crippen LogP contribution in [0.5, 0.6) is 5.75 Å². The van der Waals surface area contributed by atoms with Gasteiger partial charge < -0.3 is 19.1 Å². The standard InChI is InChI=1S/C32H43F2N5O5S/c1-20(2)24-18-35-27-23(38(30(41)44-32(6,7)8)19-21-11-9-10-12-25(21)42-28(33)34)17-26(36-39(24)27)45-22-13-15-37(16-14-22)29(40)43-31(3,4)5/h9-12,17-18,20,22,28H,13-16,19H2,1-8H3. The number of rotatable bonds is 8. The number of para-hydroxylation sites is 1. The van der Waals surface area contributed by atoms with Crippen LogP contribution in [0.2, 0.25) is 0 Å². The molecule has 1 aliphatic rings. The average Bonchev–Trinajstić information content (AvgIpc) is 3.35. The third-order valence-corrected chi connectivity index (χ3v) is 8.09. The van der Waals surface area contributed by atoms with E-state index in [0.717, 1.165) is 18.5 Å². The molecule has 10 nitrogen and oxygen atoms in total. The highest BCUT2D eigenvalue weighted by atomic mass is 32.2. The van der Waals surface area contributed by atoms with Crippen molar-refractivity contribution in [2.75, 3.05) is 18.0 Å². The molecule has 3 aromatic rings. The summed E-state index contributed by atoms with van der Waals surface area (Å²) in [7, 11) is 0. The number of nitrogens with zero attached hydrogens (tertiary/aromatic N) is 5. The lowest BCUT2D eigenvalue weighted by Gasteiger charge is -2.33. The topological polar surface area (TPSA) is 98.5 Å². The van der Waals surface area contributed by atoms with Crippen molar-refractivity contribution in [1.29, 1.82) is 0 Å². The molecular formula is C32H43F2N5O5S. The normalized spacial score (nSPS) is 14.7. The molecule has 0 aliphatic carbocycles. The maximum absolute atomic E-state index is 13.8. The molecular weight excluding hydrogens is 604 g/mol. The summed E-state index contributed by atoms with van der Waals surface area (Å²) >= 11 is 1.56. The van der Waals surface area contributed by atoms with Crippen LogP contribution in [0, 0.1) is 0 Å². The zero-order valence-electron chi connectivity index (χ0n) is 27.2. The van der Waals surface area contributed by atoms with E-state index in [1.54, 1.807) is 72.4 Å². The fourth-order valence-corrected chi connectivity index (χ4v) is 5.93. The fraction of sp³-hybridized carbons (Fsp3) is 0.562. The van der Waals surface area contributed by atoms with Crippen LogP contribution in [-0.2, 0) is 16.0 Å². The fourth-order valence-electron chi connectivity index (χ4n) is 4.83. The smallest absolute Gasteiger partial charge is 0.415 e. The van der Waals surface area contributed by atoms with Crippen LogP contribution in [0.4, 0.5) is 24.1 Å². The predicted molar refractivity (Wildman–Crippen MR) is 169 cm³/mol. The van der Waals surface area contributed by atoms with Gasteiger partial charge in [-0.05, 0) is 72.4 Å². The number of likely N-dealkylation sites (tertiary alicyclic amines) is 1. The minimum atomic E-state index is -3.03. The van der Waals surface area contributed by atoms with Crippen LogP contribution in [0.1, 0.15) is 85.4 Å². The van der Waals surface area contributed by atoms with E-state index >= 15 is 0 Å². The molecule has 3 heterocycles. The van der Waals surface area contributed by atoms with Crippen molar-refractivity contribution in [1.82, 2.24) is 19.5 Å². The third kappa shape index (κ3) is 9.21. The zero-order chi connectivity index (χ0) is 33.1.